The summed E-state index contributed by atoms with van der Waals surface area (Å²) in [5.41, 5.74) is -0.178. The fraction of sp³-hybridized carbons (Fsp3) is 0.136. The molecule has 6 nitrogen and oxygen atoms in total. The van der Waals surface area contributed by atoms with Crippen LogP contribution in [0, 0.1) is 0 Å². The van der Waals surface area contributed by atoms with E-state index in [1.54, 1.807) is 12.3 Å². The monoisotopic (exact) mass is 492 g/mol. The van der Waals surface area contributed by atoms with Crippen LogP contribution in [0.2, 0.25) is 5.02 Å². The van der Waals surface area contributed by atoms with Gasteiger partial charge in [-0.15, -0.1) is 10.2 Å². The molecule has 0 spiro atoms. The smallest absolute Gasteiger partial charge is 0.416 e. The van der Waals surface area contributed by atoms with Crippen molar-refractivity contribution in [2.45, 2.75) is 17.9 Å². The van der Waals surface area contributed by atoms with Crippen LogP contribution in [0.1, 0.15) is 11.3 Å². The highest BCUT2D eigenvalue weighted by molar-refractivity contribution is 7.99. The van der Waals surface area contributed by atoms with E-state index in [1.807, 2.05) is 41.0 Å². The number of hydrogen-bond donors (Lipinski definition) is 1. The Bertz CT molecular complexity index is 1240. The lowest BCUT2D eigenvalue weighted by atomic mass is 10.2. The molecule has 1 amide bonds. The van der Waals surface area contributed by atoms with Crippen LogP contribution < -0.4 is 5.32 Å². The Labute approximate surface area is 195 Å². The molecular weight excluding hydrogens is 477 g/mol. The largest absolute Gasteiger partial charge is 0.467 e. The average molecular weight is 493 g/mol. The van der Waals surface area contributed by atoms with Gasteiger partial charge >= 0.3 is 6.18 Å². The summed E-state index contributed by atoms with van der Waals surface area (Å²) in [5, 5.41) is 11.3. The first kappa shape index (κ1) is 22.9. The van der Waals surface area contributed by atoms with Crippen LogP contribution in [-0.2, 0) is 17.5 Å². The number of halogens is 4. The number of nitrogens with one attached hydrogen (secondary N) is 1. The quantitative estimate of drug-likeness (QED) is 0.321. The van der Waals surface area contributed by atoms with E-state index >= 15 is 0 Å². The first-order valence-corrected chi connectivity index (χ1v) is 11.0. The standard InChI is InChI=1S/C22H16ClF3N4O2S/c23-17-9-8-15(22(24,25)26)11-18(17)27-19(31)13-33-21-29-28-20(14-5-2-1-3-6-14)30(21)12-16-7-4-10-32-16/h1-11H,12-13H2,(H,27,31). The summed E-state index contributed by atoms with van der Waals surface area (Å²) in [7, 11) is 0. The summed E-state index contributed by atoms with van der Waals surface area (Å²) in [6.45, 7) is 0.341. The van der Waals surface area contributed by atoms with Gasteiger partial charge in [-0.25, -0.2) is 0 Å². The Morgan fingerprint density at radius 3 is 2.58 bits per heavy atom. The minimum absolute atomic E-state index is 0.00806. The van der Waals surface area contributed by atoms with Gasteiger partial charge in [0.25, 0.3) is 0 Å². The van der Waals surface area contributed by atoms with Crippen molar-refractivity contribution in [3.8, 4) is 11.4 Å². The Kier molecular flexibility index (Phi) is 6.75. The van der Waals surface area contributed by atoms with Crippen LogP contribution in [-0.4, -0.2) is 26.4 Å². The number of rotatable bonds is 7. The molecule has 1 N–H and O–H groups in total. The SMILES string of the molecule is O=C(CSc1nnc(-c2ccccc2)n1Cc1ccco1)Nc1cc(C(F)(F)F)ccc1Cl. The van der Waals surface area contributed by atoms with E-state index in [0.29, 0.717) is 23.3 Å². The van der Waals surface area contributed by atoms with Gasteiger partial charge in [0, 0.05) is 5.56 Å². The minimum atomic E-state index is -4.55. The maximum absolute atomic E-state index is 13.0. The highest BCUT2D eigenvalue weighted by atomic mass is 35.5. The molecule has 0 saturated carbocycles. The first-order chi connectivity index (χ1) is 15.8. The van der Waals surface area contributed by atoms with E-state index < -0.39 is 17.6 Å². The molecule has 0 atom stereocenters. The molecule has 0 unspecified atom stereocenters. The predicted octanol–water partition coefficient (Wildman–Crippen LogP) is 5.99. The van der Waals surface area contributed by atoms with E-state index in [-0.39, 0.29) is 16.5 Å². The van der Waals surface area contributed by atoms with Crippen LogP contribution in [0.15, 0.2) is 76.5 Å². The van der Waals surface area contributed by atoms with Crippen LogP contribution in [0.4, 0.5) is 18.9 Å². The molecule has 170 valence electrons. The van der Waals surface area contributed by atoms with Gasteiger partial charge < -0.3 is 9.73 Å². The molecule has 2 aromatic heterocycles. The Hall–Kier alpha value is -3.24. The number of amides is 1. The fourth-order valence-corrected chi connectivity index (χ4v) is 3.91. The van der Waals surface area contributed by atoms with Gasteiger partial charge in [0.1, 0.15) is 5.76 Å². The number of benzene rings is 2. The molecule has 33 heavy (non-hydrogen) atoms. The normalized spacial score (nSPS) is 11.5. The van der Waals surface area contributed by atoms with Gasteiger partial charge in [-0.3, -0.25) is 9.36 Å². The second-order valence-electron chi connectivity index (χ2n) is 6.87. The number of carbonyl (C=O) groups is 1. The average Bonchev–Trinajstić information content (AvgIpc) is 3.44. The van der Waals surface area contributed by atoms with Crippen molar-refractivity contribution in [2.75, 3.05) is 11.1 Å². The second-order valence-corrected chi connectivity index (χ2v) is 8.22. The van der Waals surface area contributed by atoms with E-state index in [4.69, 9.17) is 16.0 Å². The zero-order chi connectivity index (χ0) is 23.4. The van der Waals surface area contributed by atoms with Gasteiger partial charge in [-0.05, 0) is 30.3 Å². The number of alkyl halides is 3. The Morgan fingerprint density at radius 2 is 1.88 bits per heavy atom. The highest BCUT2D eigenvalue weighted by Crippen LogP contribution is 2.34. The molecule has 4 rings (SSSR count). The summed E-state index contributed by atoms with van der Waals surface area (Å²) in [5.74, 6) is 0.623. The van der Waals surface area contributed by atoms with E-state index in [2.05, 4.69) is 15.5 Å². The summed E-state index contributed by atoms with van der Waals surface area (Å²) < 4.78 is 46.1. The third-order valence-electron chi connectivity index (χ3n) is 4.54. The van der Waals surface area contributed by atoms with Gasteiger partial charge in [0.15, 0.2) is 11.0 Å². The molecule has 0 aliphatic rings. The van der Waals surface area contributed by atoms with Crippen molar-refractivity contribution in [3.05, 3.63) is 83.3 Å². The van der Waals surface area contributed by atoms with E-state index in [1.165, 1.54) is 0 Å². The molecule has 0 aliphatic heterocycles. The topological polar surface area (TPSA) is 73.0 Å². The van der Waals surface area contributed by atoms with Crippen LogP contribution >= 0.6 is 23.4 Å². The zero-order valence-electron chi connectivity index (χ0n) is 16.8. The second kappa shape index (κ2) is 9.72. The molecular formula is C22H16ClF3N4O2S. The number of nitrogens with zero attached hydrogens (tertiary/aromatic N) is 3. The summed E-state index contributed by atoms with van der Waals surface area (Å²) in [4.78, 5) is 12.5. The van der Waals surface area contributed by atoms with Crippen molar-refractivity contribution in [1.29, 1.82) is 0 Å². The maximum Gasteiger partial charge on any atom is 0.416 e. The molecule has 4 aromatic rings. The molecule has 2 aromatic carbocycles. The lowest BCUT2D eigenvalue weighted by Gasteiger charge is -2.12. The molecule has 0 fully saturated rings. The first-order valence-electron chi connectivity index (χ1n) is 9.61. The van der Waals surface area contributed by atoms with Gasteiger partial charge in [-0.1, -0.05) is 53.7 Å². The van der Waals surface area contributed by atoms with Crippen molar-refractivity contribution in [1.82, 2.24) is 14.8 Å². The summed E-state index contributed by atoms with van der Waals surface area (Å²) in [6, 6.07) is 15.7. The van der Waals surface area contributed by atoms with Crippen molar-refractivity contribution < 1.29 is 22.4 Å². The highest BCUT2D eigenvalue weighted by Gasteiger charge is 2.31. The van der Waals surface area contributed by atoms with Gasteiger partial charge in [0.2, 0.25) is 5.91 Å². The van der Waals surface area contributed by atoms with Crippen molar-refractivity contribution in [2.24, 2.45) is 0 Å². The number of furan rings is 1. The molecule has 0 aliphatic carbocycles. The number of aromatic nitrogens is 3. The fourth-order valence-electron chi connectivity index (χ4n) is 3.01. The number of hydrogen-bond acceptors (Lipinski definition) is 5. The number of anilines is 1. The van der Waals surface area contributed by atoms with E-state index in [9.17, 15) is 18.0 Å². The Balaban J connectivity index is 1.51. The molecule has 0 radical (unpaired) electrons. The van der Waals surface area contributed by atoms with Crippen LogP contribution in [0.5, 0.6) is 0 Å². The van der Waals surface area contributed by atoms with Crippen molar-refractivity contribution >= 4 is 35.0 Å². The summed E-state index contributed by atoms with van der Waals surface area (Å²) in [6.07, 6.45) is -2.99. The third kappa shape index (κ3) is 5.58. The minimum Gasteiger partial charge on any atom is -0.467 e. The zero-order valence-corrected chi connectivity index (χ0v) is 18.4. The lowest BCUT2D eigenvalue weighted by molar-refractivity contribution is -0.137. The molecule has 0 saturated heterocycles. The lowest BCUT2D eigenvalue weighted by Crippen LogP contribution is -2.16. The Morgan fingerprint density at radius 1 is 1.09 bits per heavy atom. The molecule has 0 bridgehead atoms. The molecule has 2 heterocycles. The van der Waals surface area contributed by atoms with Gasteiger partial charge in [0.05, 0.1) is 34.8 Å². The van der Waals surface area contributed by atoms with Gasteiger partial charge in [-0.2, -0.15) is 13.2 Å². The predicted molar refractivity (Wildman–Crippen MR) is 119 cm³/mol. The third-order valence-corrected chi connectivity index (χ3v) is 5.84. The maximum atomic E-state index is 13.0. The van der Waals surface area contributed by atoms with E-state index in [0.717, 1.165) is 35.5 Å². The molecule has 11 heteroatoms. The van der Waals surface area contributed by atoms with Crippen LogP contribution in [0.3, 0.4) is 0 Å². The van der Waals surface area contributed by atoms with Crippen LogP contribution in [0.25, 0.3) is 11.4 Å². The summed E-state index contributed by atoms with van der Waals surface area (Å²) >= 11 is 7.06. The number of carbonyl (C=O) groups excluding carboxylic acids is 1. The van der Waals surface area contributed by atoms with Crippen molar-refractivity contribution in [3.63, 3.8) is 0 Å². The number of thioether (sulfide) groups is 1.